The van der Waals surface area contributed by atoms with Crippen molar-refractivity contribution < 1.29 is 9.50 Å². The molecule has 2 heteroatoms. The van der Waals surface area contributed by atoms with Gasteiger partial charge in [-0.1, -0.05) is 47.5 Å². The van der Waals surface area contributed by atoms with E-state index in [1.807, 2.05) is 13.8 Å². The Morgan fingerprint density at radius 2 is 1.63 bits per heavy atom. The van der Waals surface area contributed by atoms with Gasteiger partial charge in [-0.25, -0.2) is 4.39 Å². The van der Waals surface area contributed by atoms with Crippen LogP contribution in [-0.2, 0) is 6.42 Å². The van der Waals surface area contributed by atoms with Gasteiger partial charge in [0.1, 0.15) is 5.82 Å². The SMILES string of the molecule is Cc1ccc(CCC(O)c2cc(C)ccc2F)cc1. The van der Waals surface area contributed by atoms with Gasteiger partial charge in [0.15, 0.2) is 0 Å². The predicted molar refractivity (Wildman–Crippen MR) is 75.6 cm³/mol. The van der Waals surface area contributed by atoms with Gasteiger partial charge >= 0.3 is 0 Å². The minimum absolute atomic E-state index is 0.331. The van der Waals surface area contributed by atoms with E-state index in [4.69, 9.17) is 0 Å². The van der Waals surface area contributed by atoms with Crippen molar-refractivity contribution in [1.29, 1.82) is 0 Å². The lowest BCUT2D eigenvalue weighted by atomic mass is 9.99. The maximum absolute atomic E-state index is 13.6. The second kappa shape index (κ2) is 5.98. The fourth-order valence-electron chi connectivity index (χ4n) is 2.13. The van der Waals surface area contributed by atoms with Gasteiger partial charge in [0.2, 0.25) is 0 Å². The van der Waals surface area contributed by atoms with Crippen molar-refractivity contribution in [3.63, 3.8) is 0 Å². The van der Waals surface area contributed by atoms with Crippen molar-refractivity contribution in [2.45, 2.75) is 32.8 Å². The molecule has 0 fully saturated rings. The highest BCUT2D eigenvalue weighted by Gasteiger charge is 2.12. The second-order valence-electron chi connectivity index (χ2n) is 5.07. The molecule has 0 saturated carbocycles. The second-order valence-corrected chi connectivity index (χ2v) is 5.07. The van der Waals surface area contributed by atoms with Crippen molar-refractivity contribution in [3.8, 4) is 0 Å². The molecule has 0 aliphatic heterocycles. The fourth-order valence-corrected chi connectivity index (χ4v) is 2.13. The zero-order valence-electron chi connectivity index (χ0n) is 11.4. The quantitative estimate of drug-likeness (QED) is 0.875. The average molecular weight is 258 g/mol. The predicted octanol–water partition coefficient (Wildman–Crippen LogP) is 4.11. The smallest absolute Gasteiger partial charge is 0.129 e. The first-order valence-electron chi connectivity index (χ1n) is 6.56. The number of rotatable bonds is 4. The van der Waals surface area contributed by atoms with E-state index < -0.39 is 6.10 Å². The number of hydrogen-bond acceptors (Lipinski definition) is 1. The summed E-state index contributed by atoms with van der Waals surface area (Å²) < 4.78 is 13.6. The molecule has 1 unspecified atom stereocenters. The Hall–Kier alpha value is -1.67. The molecule has 1 nitrogen and oxygen atoms in total. The molecule has 0 spiro atoms. The summed E-state index contributed by atoms with van der Waals surface area (Å²) in [6.45, 7) is 3.94. The van der Waals surface area contributed by atoms with Gasteiger partial charge in [0.25, 0.3) is 0 Å². The molecular formula is C17H19FO. The summed E-state index contributed by atoms with van der Waals surface area (Å²) in [5.41, 5.74) is 3.74. The summed E-state index contributed by atoms with van der Waals surface area (Å²) in [5.74, 6) is -0.331. The van der Waals surface area contributed by atoms with E-state index in [1.54, 1.807) is 12.1 Å². The van der Waals surface area contributed by atoms with Crippen molar-refractivity contribution in [3.05, 3.63) is 70.5 Å². The highest BCUT2D eigenvalue weighted by atomic mass is 19.1. The number of aliphatic hydroxyl groups is 1. The van der Waals surface area contributed by atoms with Crippen LogP contribution < -0.4 is 0 Å². The molecule has 100 valence electrons. The molecular weight excluding hydrogens is 239 g/mol. The maximum atomic E-state index is 13.6. The van der Waals surface area contributed by atoms with Gasteiger partial charge in [0, 0.05) is 5.56 Å². The Morgan fingerprint density at radius 3 is 2.32 bits per heavy atom. The summed E-state index contributed by atoms with van der Waals surface area (Å²) in [6.07, 6.45) is 0.527. The number of benzene rings is 2. The lowest BCUT2D eigenvalue weighted by Gasteiger charge is -2.13. The zero-order chi connectivity index (χ0) is 13.8. The molecule has 0 aliphatic rings. The molecule has 0 saturated heterocycles. The van der Waals surface area contributed by atoms with Crippen molar-refractivity contribution >= 4 is 0 Å². The van der Waals surface area contributed by atoms with Crippen LogP contribution in [0.3, 0.4) is 0 Å². The third-order valence-corrected chi connectivity index (χ3v) is 3.34. The first-order chi connectivity index (χ1) is 9.06. The normalized spacial score (nSPS) is 12.4. The molecule has 19 heavy (non-hydrogen) atoms. The molecule has 2 aromatic carbocycles. The van der Waals surface area contributed by atoms with E-state index in [2.05, 4.69) is 24.3 Å². The van der Waals surface area contributed by atoms with E-state index in [1.165, 1.54) is 11.6 Å². The van der Waals surface area contributed by atoms with Gasteiger partial charge in [0.05, 0.1) is 6.10 Å². The Bertz CT molecular complexity index is 546. The van der Waals surface area contributed by atoms with E-state index in [0.29, 0.717) is 12.0 Å². The third kappa shape index (κ3) is 3.65. The molecule has 0 amide bonds. The molecule has 1 atom stereocenters. The summed E-state index contributed by atoms with van der Waals surface area (Å²) in [7, 11) is 0. The summed E-state index contributed by atoms with van der Waals surface area (Å²) in [6, 6.07) is 13.0. The van der Waals surface area contributed by atoms with Crippen LogP contribution in [0.4, 0.5) is 4.39 Å². The minimum atomic E-state index is -0.749. The molecule has 0 aliphatic carbocycles. The van der Waals surface area contributed by atoms with Crippen molar-refractivity contribution in [1.82, 2.24) is 0 Å². The minimum Gasteiger partial charge on any atom is -0.388 e. The topological polar surface area (TPSA) is 20.2 Å². The molecule has 1 N–H and O–H groups in total. The largest absolute Gasteiger partial charge is 0.388 e. The summed E-state index contributed by atoms with van der Waals surface area (Å²) >= 11 is 0. The summed E-state index contributed by atoms with van der Waals surface area (Å²) in [4.78, 5) is 0. The lowest BCUT2D eigenvalue weighted by Crippen LogP contribution is -2.03. The first-order valence-corrected chi connectivity index (χ1v) is 6.56. The van der Waals surface area contributed by atoms with Gasteiger partial charge in [-0.05, 0) is 38.3 Å². The van der Waals surface area contributed by atoms with Crippen LogP contribution in [0.5, 0.6) is 0 Å². The third-order valence-electron chi connectivity index (χ3n) is 3.34. The lowest BCUT2D eigenvalue weighted by molar-refractivity contribution is 0.163. The molecule has 0 aromatic heterocycles. The van der Waals surface area contributed by atoms with Crippen LogP contribution in [0.1, 0.15) is 34.8 Å². The number of aliphatic hydroxyl groups excluding tert-OH is 1. The Balaban J connectivity index is 2.03. The van der Waals surface area contributed by atoms with Crippen LogP contribution in [0.25, 0.3) is 0 Å². The number of aryl methyl sites for hydroxylation is 3. The van der Waals surface area contributed by atoms with E-state index >= 15 is 0 Å². The highest BCUT2D eigenvalue weighted by Crippen LogP contribution is 2.23. The van der Waals surface area contributed by atoms with E-state index in [0.717, 1.165) is 17.5 Å². The van der Waals surface area contributed by atoms with Crippen LogP contribution >= 0.6 is 0 Å². The van der Waals surface area contributed by atoms with Gasteiger partial charge in [-0.3, -0.25) is 0 Å². The molecule has 0 bridgehead atoms. The molecule has 0 radical (unpaired) electrons. The van der Waals surface area contributed by atoms with Gasteiger partial charge in [-0.15, -0.1) is 0 Å². The average Bonchev–Trinajstić information content (AvgIpc) is 2.40. The van der Waals surface area contributed by atoms with Crippen LogP contribution in [0, 0.1) is 19.7 Å². The maximum Gasteiger partial charge on any atom is 0.129 e. The number of hydrogen-bond donors (Lipinski definition) is 1. The Morgan fingerprint density at radius 1 is 1.00 bits per heavy atom. The monoisotopic (exact) mass is 258 g/mol. The van der Waals surface area contributed by atoms with E-state index in [9.17, 15) is 9.50 Å². The Kier molecular flexibility index (Phi) is 4.33. The summed E-state index contributed by atoms with van der Waals surface area (Å²) in [5, 5.41) is 10.1. The first kappa shape index (κ1) is 13.8. The molecule has 0 heterocycles. The van der Waals surface area contributed by atoms with Gasteiger partial charge in [-0.2, -0.15) is 0 Å². The zero-order valence-corrected chi connectivity index (χ0v) is 11.4. The van der Waals surface area contributed by atoms with Crippen LogP contribution in [-0.4, -0.2) is 5.11 Å². The standard InChI is InChI=1S/C17H19FO/c1-12-3-6-14(7-4-12)8-10-17(19)15-11-13(2)5-9-16(15)18/h3-7,9,11,17,19H,8,10H2,1-2H3. The molecule has 2 aromatic rings. The fraction of sp³-hybridized carbons (Fsp3) is 0.294. The van der Waals surface area contributed by atoms with E-state index in [-0.39, 0.29) is 5.82 Å². The highest BCUT2D eigenvalue weighted by molar-refractivity contribution is 5.26. The van der Waals surface area contributed by atoms with Crippen LogP contribution in [0.15, 0.2) is 42.5 Å². The van der Waals surface area contributed by atoms with Gasteiger partial charge < -0.3 is 5.11 Å². The van der Waals surface area contributed by atoms with Crippen molar-refractivity contribution in [2.75, 3.05) is 0 Å². The van der Waals surface area contributed by atoms with Crippen LogP contribution in [0.2, 0.25) is 0 Å². The molecule has 2 rings (SSSR count). The Labute approximate surface area is 113 Å². The number of halogens is 1. The van der Waals surface area contributed by atoms with Crippen molar-refractivity contribution in [2.24, 2.45) is 0 Å².